The number of aromatic amines is 1. The second-order valence-electron chi connectivity index (χ2n) is 6.23. The molecule has 7 nitrogen and oxygen atoms in total. The van der Waals surface area contributed by atoms with Crippen molar-refractivity contribution >= 4 is 33.4 Å². The average Bonchev–Trinajstić information content (AvgIpc) is 3.34. The molecular weight excluding hydrogens is 338 g/mol. The molecule has 5 rings (SSSR count). The summed E-state index contributed by atoms with van der Waals surface area (Å²) < 4.78 is 1.98. The number of benzene rings is 1. The zero-order chi connectivity index (χ0) is 18.2. The minimum absolute atomic E-state index is 0.687. The predicted molar refractivity (Wildman–Crippen MR) is 106 cm³/mol. The number of pyridine rings is 2. The second kappa shape index (κ2) is 6.21. The molecule has 27 heavy (non-hydrogen) atoms. The van der Waals surface area contributed by atoms with E-state index in [4.69, 9.17) is 4.98 Å². The van der Waals surface area contributed by atoms with Crippen molar-refractivity contribution in [1.82, 2.24) is 29.9 Å². The molecule has 0 spiro atoms. The Hall–Kier alpha value is -3.74. The van der Waals surface area contributed by atoms with Gasteiger partial charge in [0.1, 0.15) is 5.52 Å². The molecule has 7 heteroatoms. The Morgan fingerprint density at radius 1 is 1.04 bits per heavy atom. The first-order chi connectivity index (χ1) is 13.3. The molecule has 0 saturated carbocycles. The van der Waals surface area contributed by atoms with E-state index in [9.17, 15) is 0 Å². The molecule has 0 amide bonds. The smallest absolute Gasteiger partial charge is 0.178 e. The van der Waals surface area contributed by atoms with Crippen molar-refractivity contribution in [1.29, 1.82) is 0 Å². The summed E-state index contributed by atoms with van der Waals surface area (Å²) in [7, 11) is 0. The van der Waals surface area contributed by atoms with Crippen molar-refractivity contribution < 1.29 is 0 Å². The normalized spacial score (nSPS) is 11.3. The highest BCUT2D eigenvalue weighted by Gasteiger charge is 2.11. The fourth-order valence-electron chi connectivity index (χ4n) is 3.33. The van der Waals surface area contributed by atoms with Gasteiger partial charge < -0.3 is 5.32 Å². The predicted octanol–water partition coefficient (Wildman–Crippen LogP) is 4.13. The van der Waals surface area contributed by atoms with Crippen molar-refractivity contribution in [2.24, 2.45) is 0 Å². The minimum Gasteiger partial charge on any atom is -0.336 e. The Balaban J connectivity index is 1.57. The second-order valence-corrected chi connectivity index (χ2v) is 6.23. The minimum atomic E-state index is 0.687. The fraction of sp³-hybridized carbons (Fsp3) is 0.100. The quantitative estimate of drug-likeness (QED) is 0.506. The first kappa shape index (κ1) is 15.5. The Morgan fingerprint density at radius 2 is 2.00 bits per heavy atom. The highest BCUT2D eigenvalue weighted by atomic mass is 15.3. The third kappa shape index (κ3) is 2.60. The molecule has 0 atom stereocenters. The number of aromatic nitrogens is 6. The molecule has 0 aliphatic rings. The molecule has 4 aromatic heterocycles. The van der Waals surface area contributed by atoms with Crippen LogP contribution in [0.25, 0.3) is 33.2 Å². The number of rotatable bonds is 4. The van der Waals surface area contributed by atoms with Gasteiger partial charge in [0.15, 0.2) is 5.82 Å². The van der Waals surface area contributed by atoms with E-state index in [1.807, 2.05) is 41.3 Å². The van der Waals surface area contributed by atoms with Crippen molar-refractivity contribution in [3.63, 3.8) is 0 Å². The molecule has 0 fully saturated rings. The van der Waals surface area contributed by atoms with E-state index < -0.39 is 0 Å². The summed E-state index contributed by atoms with van der Waals surface area (Å²) in [6.07, 6.45) is 5.40. The Labute approximate surface area is 155 Å². The van der Waals surface area contributed by atoms with Gasteiger partial charge in [0, 0.05) is 29.9 Å². The molecule has 0 bridgehead atoms. The van der Waals surface area contributed by atoms with Crippen LogP contribution in [0.4, 0.5) is 11.5 Å². The molecule has 2 N–H and O–H groups in total. The van der Waals surface area contributed by atoms with Gasteiger partial charge in [0.2, 0.25) is 0 Å². The fourth-order valence-corrected chi connectivity index (χ4v) is 3.33. The SMILES string of the molecule is CCn1nccc1-c1cccc2cc(Nc3n[nH]c4cccnc34)cnc12. The largest absolute Gasteiger partial charge is 0.336 e. The van der Waals surface area contributed by atoms with Gasteiger partial charge in [-0.2, -0.15) is 10.2 Å². The van der Waals surface area contributed by atoms with Crippen molar-refractivity contribution in [3.8, 4) is 11.3 Å². The van der Waals surface area contributed by atoms with E-state index in [0.717, 1.165) is 45.4 Å². The van der Waals surface area contributed by atoms with Crippen LogP contribution < -0.4 is 5.32 Å². The van der Waals surface area contributed by atoms with Crippen molar-refractivity contribution in [2.75, 3.05) is 5.32 Å². The van der Waals surface area contributed by atoms with Gasteiger partial charge in [-0.3, -0.25) is 19.7 Å². The maximum atomic E-state index is 4.71. The van der Waals surface area contributed by atoms with E-state index >= 15 is 0 Å². The number of fused-ring (bicyclic) bond motifs is 2. The zero-order valence-corrected chi connectivity index (χ0v) is 14.7. The molecule has 5 aromatic rings. The van der Waals surface area contributed by atoms with Gasteiger partial charge >= 0.3 is 0 Å². The van der Waals surface area contributed by atoms with Gasteiger partial charge in [0.05, 0.1) is 28.6 Å². The molecule has 4 heterocycles. The van der Waals surface area contributed by atoms with E-state index in [1.165, 1.54) is 0 Å². The molecule has 0 saturated heterocycles. The third-order valence-electron chi connectivity index (χ3n) is 4.59. The monoisotopic (exact) mass is 355 g/mol. The van der Waals surface area contributed by atoms with Crippen LogP contribution >= 0.6 is 0 Å². The maximum absolute atomic E-state index is 4.71. The molecule has 1 aromatic carbocycles. The number of hydrogen-bond acceptors (Lipinski definition) is 5. The lowest BCUT2D eigenvalue weighted by molar-refractivity contribution is 0.667. The van der Waals surface area contributed by atoms with E-state index in [0.29, 0.717) is 5.82 Å². The van der Waals surface area contributed by atoms with Crippen LogP contribution in [-0.4, -0.2) is 29.9 Å². The standard InChI is InChI=1S/C20H17N7/c1-2-27-17(8-10-23-27)15-6-3-5-13-11-14(12-22-18(13)15)24-20-19-16(25-26-20)7-4-9-21-19/h3-12H,2H2,1H3,(H2,24,25,26). The molecule has 132 valence electrons. The summed E-state index contributed by atoms with van der Waals surface area (Å²) in [5.41, 5.74) is 5.65. The van der Waals surface area contributed by atoms with Crippen LogP contribution in [0.15, 0.2) is 61.1 Å². The lowest BCUT2D eigenvalue weighted by Gasteiger charge is -2.10. The van der Waals surface area contributed by atoms with Crippen molar-refractivity contribution in [2.45, 2.75) is 13.5 Å². The molecule has 0 aliphatic carbocycles. The molecule has 0 radical (unpaired) electrons. The van der Waals surface area contributed by atoms with Crippen LogP contribution in [0, 0.1) is 0 Å². The Morgan fingerprint density at radius 3 is 2.93 bits per heavy atom. The highest BCUT2D eigenvalue weighted by Crippen LogP contribution is 2.29. The highest BCUT2D eigenvalue weighted by molar-refractivity contribution is 5.95. The average molecular weight is 355 g/mol. The number of aryl methyl sites for hydroxylation is 1. The number of H-pyrrole nitrogens is 1. The van der Waals surface area contributed by atoms with Gasteiger partial charge in [0.25, 0.3) is 0 Å². The van der Waals surface area contributed by atoms with Crippen LogP contribution in [0.5, 0.6) is 0 Å². The molecule has 0 unspecified atom stereocenters. The summed E-state index contributed by atoms with van der Waals surface area (Å²) in [5, 5.41) is 16.0. The van der Waals surface area contributed by atoms with E-state index in [1.54, 1.807) is 6.20 Å². The van der Waals surface area contributed by atoms with Crippen LogP contribution in [-0.2, 0) is 6.54 Å². The first-order valence-corrected chi connectivity index (χ1v) is 8.80. The number of hydrogen-bond donors (Lipinski definition) is 2. The summed E-state index contributed by atoms with van der Waals surface area (Å²) in [4.78, 5) is 9.09. The van der Waals surface area contributed by atoms with Crippen LogP contribution in [0.3, 0.4) is 0 Å². The molecule has 0 aliphatic heterocycles. The van der Waals surface area contributed by atoms with Gasteiger partial charge in [-0.1, -0.05) is 18.2 Å². The first-order valence-electron chi connectivity index (χ1n) is 8.80. The summed E-state index contributed by atoms with van der Waals surface area (Å²) >= 11 is 0. The lowest BCUT2D eigenvalue weighted by atomic mass is 10.1. The number of nitrogens with one attached hydrogen (secondary N) is 2. The summed E-state index contributed by atoms with van der Waals surface area (Å²) in [6.45, 7) is 2.90. The lowest BCUT2D eigenvalue weighted by Crippen LogP contribution is -2.00. The van der Waals surface area contributed by atoms with Crippen LogP contribution in [0.1, 0.15) is 6.92 Å². The van der Waals surface area contributed by atoms with Gasteiger partial charge in [-0.05, 0) is 31.2 Å². The van der Waals surface area contributed by atoms with Gasteiger partial charge in [-0.25, -0.2) is 0 Å². The van der Waals surface area contributed by atoms with E-state index in [2.05, 4.69) is 50.7 Å². The summed E-state index contributed by atoms with van der Waals surface area (Å²) in [5.74, 6) is 0.687. The number of nitrogens with zero attached hydrogens (tertiary/aromatic N) is 5. The van der Waals surface area contributed by atoms with Crippen LogP contribution in [0.2, 0.25) is 0 Å². The van der Waals surface area contributed by atoms with E-state index in [-0.39, 0.29) is 0 Å². The topological polar surface area (TPSA) is 84.3 Å². The maximum Gasteiger partial charge on any atom is 0.178 e. The zero-order valence-electron chi connectivity index (χ0n) is 14.7. The molecular formula is C20H17N7. The number of para-hydroxylation sites is 1. The Bertz CT molecular complexity index is 1250. The summed E-state index contributed by atoms with van der Waals surface area (Å²) in [6, 6.07) is 14.1. The van der Waals surface area contributed by atoms with Gasteiger partial charge in [-0.15, -0.1) is 0 Å². The number of anilines is 2. The third-order valence-corrected chi connectivity index (χ3v) is 4.59. The van der Waals surface area contributed by atoms with Crippen molar-refractivity contribution in [3.05, 3.63) is 61.1 Å². The Kier molecular flexibility index (Phi) is 3.57.